The third-order valence-electron chi connectivity index (χ3n) is 4.40. The van der Waals surface area contributed by atoms with Gasteiger partial charge in [-0.25, -0.2) is 0 Å². The highest BCUT2D eigenvalue weighted by Gasteiger charge is 2.30. The van der Waals surface area contributed by atoms with E-state index in [0.29, 0.717) is 6.04 Å². The summed E-state index contributed by atoms with van der Waals surface area (Å²) in [6.45, 7) is 1.08. The van der Waals surface area contributed by atoms with Crippen LogP contribution >= 0.6 is 0 Å². The molecule has 1 nitrogen and oxygen atoms in total. The molecule has 0 saturated carbocycles. The predicted octanol–water partition coefficient (Wildman–Crippen LogP) is 3.56. The second-order valence-electron chi connectivity index (χ2n) is 5.42. The average molecular weight is 235 g/mol. The van der Waals surface area contributed by atoms with E-state index >= 15 is 0 Å². The van der Waals surface area contributed by atoms with E-state index in [1.54, 1.807) is 5.56 Å². The van der Waals surface area contributed by atoms with Gasteiger partial charge in [-0.15, -0.1) is 0 Å². The number of benzene rings is 2. The second kappa shape index (κ2) is 3.88. The van der Waals surface area contributed by atoms with Crippen LogP contribution < -0.4 is 4.90 Å². The molecule has 0 amide bonds. The summed E-state index contributed by atoms with van der Waals surface area (Å²) in [6, 6.07) is 18.5. The molecule has 1 atom stereocenters. The zero-order valence-corrected chi connectivity index (χ0v) is 10.5. The summed E-state index contributed by atoms with van der Waals surface area (Å²) in [4.78, 5) is 2.61. The first-order chi connectivity index (χ1) is 8.92. The van der Waals surface area contributed by atoms with Crippen LogP contribution in [-0.4, -0.2) is 6.04 Å². The van der Waals surface area contributed by atoms with E-state index in [4.69, 9.17) is 0 Å². The molecule has 0 aliphatic carbocycles. The number of nitrogens with zero attached hydrogens (tertiary/aromatic N) is 1. The normalized spacial score (nSPS) is 20.9. The molecule has 2 aromatic carbocycles. The van der Waals surface area contributed by atoms with Crippen LogP contribution in [0.25, 0.3) is 0 Å². The Labute approximate surface area is 108 Å². The Morgan fingerprint density at radius 1 is 0.833 bits per heavy atom. The Morgan fingerprint density at radius 3 is 2.44 bits per heavy atom. The number of hydrogen-bond donors (Lipinski definition) is 0. The van der Waals surface area contributed by atoms with E-state index < -0.39 is 0 Å². The first-order valence-corrected chi connectivity index (χ1v) is 6.83. The number of hydrogen-bond acceptors (Lipinski definition) is 1. The quantitative estimate of drug-likeness (QED) is 0.675. The summed E-state index contributed by atoms with van der Waals surface area (Å²) < 4.78 is 0. The number of para-hydroxylation sites is 1. The molecule has 0 bridgehead atoms. The van der Waals surface area contributed by atoms with Crippen molar-refractivity contribution in [1.82, 2.24) is 0 Å². The predicted molar refractivity (Wildman–Crippen MR) is 74.9 cm³/mol. The third-order valence-corrected chi connectivity index (χ3v) is 4.40. The van der Waals surface area contributed by atoms with Crippen LogP contribution in [0.15, 0.2) is 48.5 Å². The Kier molecular flexibility index (Phi) is 2.19. The summed E-state index contributed by atoms with van der Waals surface area (Å²) in [7, 11) is 0. The van der Waals surface area contributed by atoms with Crippen molar-refractivity contribution in [3.8, 4) is 0 Å². The standard InChI is InChI=1S/C17H17N/c1-2-7-15-12-18-16(11-14(15)6-1)10-9-13-5-3-4-8-17(13)18/h1-8,16H,9-12H2. The fraction of sp³-hybridized carbons (Fsp3) is 0.294. The highest BCUT2D eigenvalue weighted by atomic mass is 15.2. The van der Waals surface area contributed by atoms with Crippen LogP contribution in [0.4, 0.5) is 5.69 Å². The first-order valence-electron chi connectivity index (χ1n) is 6.83. The molecule has 0 N–H and O–H groups in total. The molecule has 0 saturated heterocycles. The Bertz CT molecular complexity index is 588. The summed E-state index contributed by atoms with van der Waals surface area (Å²) >= 11 is 0. The molecular formula is C17H17N. The zero-order valence-electron chi connectivity index (χ0n) is 10.5. The maximum Gasteiger partial charge on any atom is 0.0435 e. The van der Waals surface area contributed by atoms with E-state index in [2.05, 4.69) is 53.4 Å². The van der Waals surface area contributed by atoms with Gasteiger partial charge in [0.25, 0.3) is 0 Å². The van der Waals surface area contributed by atoms with Gasteiger partial charge < -0.3 is 4.90 Å². The summed E-state index contributed by atoms with van der Waals surface area (Å²) in [5.74, 6) is 0. The average Bonchev–Trinajstić information content (AvgIpc) is 2.45. The van der Waals surface area contributed by atoms with E-state index in [1.807, 2.05) is 0 Å². The summed E-state index contributed by atoms with van der Waals surface area (Å²) in [5, 5.41) is 0. The lowest BCUT2D eigenvalue weighted by molar-refractivity contribution is 0.498. The fourth-order valence-electron chi connectivity index (χ4n) is 3.45. The Balaban J connectivity index is 1.79. The van der Waals surface area contributed by atoms with Crippen LogP contribution in [-0.2, 0) is 19.4 Å². The van der Waals surface area contributed by atoms with Crippen LogP contribution in [0, 0.1) is 0 Å². The lowest BCUT2D eigenvalue weighted by Crippen LogP contribution is -2.43. The molecule has 0 spiro atoms. The number of aryl methyl sites for hydroxylation is 1. The van der Waals surface area contributed by atoms with Crippen LogP contribution in [0.3, 0.4) is 0 Å². The molecule has 2 aliphatic rings. The monoisotopic (exact) mass is 235 g/mol. The van der Waals surface area contributed by atoms with Gasteiger partial charge in [-0.1, -0.05) is 42.5 Å². The van der Waals surface area contributed by atoms with Crippen LogP contribution in [0.5, 0.6) is 0 Å². The van der Waals surface area contributed by atoms with Gasteiger partial charge in [0, 0.05) is 18.3 Å². The van der Waals surface area contributed by atoms with E-state index in [9.17, 15) is 0 Å². The van der Waals surface area contributed by atoms with Crippen molar-refractivity contribution < 1.29 is 0 Å². The maximum absolute atomic E-state index is 2.61. The highest BCUT2D eigenvalue weighted by Crippen LogP contribution is 2.36. The van der Waals surface area contributed by atoms with Crippen molar-refractivity contribution in [3.63, 3.8) is 0 Å². The minimum Gasteiger partial charge on any atom is -0.364 e. The lowest BCUT2D eigenvalue weighted by atomic mass is 9.86. The van der Waals surface area contributed by atoms with Gasteiger partial charge in [0.15, 0.2) is 0 Å². The SMILES string of the molecule is c1ccc2c(c1)CC1CCc3ccccc3N1C2. The summed E-state index contributed by atoms with van der Waals surface area (Å²) in [5.41, 5.74) is 6.04. The minimum atomic E-state index is 0.704. The van der Waals surface area contributed by atoms with Crippen molar-refractivity contribution in [2.45, 2.75) is 31.8 Å². The van der Waals surface area contributed by atoms with Gasteiger partial charge >= 0.3 is 0 Å². The van der Waals surface area contributed by atoms with Crippen molar-refractivity contribution in [2.24, 2.45) is 0 Å². The second-order valence-corrected chi connectivity index (χ2v) is 5.42. The zero-order chi connectivity index (χ0) is 11.9. The molecular weight excluding hydrogens is 218 g/mol. The fourth-order valence-corrected chi connectivity index (χ4v) is 3.45. The molecule has 2 aromatic rings. The Morgan fingerprint density at radius 2 is 1.56 bits per heavy atom. The van der Waals surface area contributed by atoms with Crippen molar-refractivity contribution in [1.29, 1.82) is 0 Å². The minimum absolute atomic E-state index is 0.704. The van der Waals surface area contributed by atoms with Gasteiger partial charge in [0.05, 0.1) is 0 Å². The smallest absolute Gasteiger partial charge is 0.0435 e. The van der Waals surface area contributed by atoms with Crippen LogP contribution in [0.2, 0.25) is 0 Å². The molecule has 18 heavy (non-hydrogen) atoms. The molecule has 0 fully saturated rings. The van der Waals surface area contributed by atoms with Gasteiger partial charge in [-0.2, -0.15) is 0 Å². The van der Waals surface area contributed by atoms with E-state index in [1.165, 1.54) is 36.1 Å². The largest absolute Gasteiger partial charge is 0.364 e. The molecule has 0 aromatic heterocycles. The maximum atomic E-state index is 2.61. The van der Waals surface area contributed by atoms with Crippen molar-refractivity contribution >= 4 is 5.69 Å². The Hall–Kier alpha value is -1.76. The molecule has 90 valence electrons. The van der Waals surface area contributed by atoms with Crippen molar-refractivity contribution in [2.75, 3.05) is 4.90 Å². The lowest BCUT2D eigenvalue weighted by Gasteiger charge is -2.43. The molecule has 1 heteroatoms. The van der Waals surface area contributed by atoms with Crippen LogP contribution in [0.1, 0.15) is 23.1 Å². The highest BCUT2D eigenvalue weighted by molar-refractivity contribution is 5.58. The number of fused-ring (bicyclic) bond motifs is 4. The molecule has 0 radical (unpaired) electrons. The number of anilines is 1. The topological polar surface area (TPSA) is 3.24 Å². The first kappa shape index (κ1) is 10.2. The molecule has 4 rings (SSSR count). The van der Waals surface area contributed by atoms with Crippen molar-refractivity contribution in [3.05, 3.63) is 65.2 Å². The van der Waals surface area contributed by atoms with Gasteiger partial charge in [0.2, 0.25) is 0 Å². The molecule has 1 unspecified atom stereocenters. The van der Waals surface area contributed by atoms with E-state index in [0.717, 1.165) is 6.54 Å². The van der Waals surface area contributed by atoms with Gasteiger partial charge in [-0.05, 0) is 42.0 Å². The number of rotatable bonds is 0. The summed E-state index contributed by atoms with van der Waals surface area (Å²) in [6.07, 6.45) is 3.75. The molecule has 2 heterocycles. The third kappa shape index (κ3) is 1.47. The van der Waals surface area contributed by atoms with Gasteiger partial charge in [0.1, 0.15) is 0 Å². The van der Waals surface area contributed by atoms with E-state index in [-0.39, 0.29) is 0 Å². The van der Waals surface area contributed by atoms with Gasteiger partial charge in [-0.3, -0.25) is 0 Å². The molecule has 2 aliphatic heterocycles.